The largest absolute Gasteiger partial charge is 0.490 e. The smallest absolute Gasteiger partial charge is 0.252 e. The summed E-state index contributed by atoms with van der Waals surface area (Å²) in [5.74, 6) is -0.964. The number of halogens is 2. The minimum Gasteiger partial charge on any atom is -0.490 e. The number of pyridine rings is 1. The predicted molar refractivity (Wildman–Crippen MR) is 110 cm³/mol. The monoisotopic (exact) mass is 427 g/mol. The van der Waals surface area contributed by atoms with Crippen LogP contribution in [0.3, 0.4) is 0 Å². The topological polar surface area (TPSA) is 72.3 Å². The number of amides is 1. The summed E-state index contributed by atoms with van der Waals surface area (Å²) in [6, 6.07) is 8.87. The molecular weight excluding hydrogens is 404 g/mol. The number of nitrogens with zero attached hydrogens (tertiary/aromatic N) is 4. The van der Waals surface area contributed by atoms with Crippen LogP contribution in [0.15, 0.2) is 55.0 Å². The first-order valence-corrected chi connectivity index (χ1v) is 10.2. The summed E-state index contributed by atoms with van der Waals surface area (Å²) in [5, 5.41) is 7.02. The zero-order valence-electron chi connectivity index (χ0n) is 16.9. The average molecular weight is 427 g/mol. The molecule has 3 heterocycles. The minimum absolute atomic E-state index is 0.0323. The number of hydrogen-bond acceptors (Lipinski definition) is 5. The van der Waals surface area contributed by atoms with Gasteiger partial charge in [-0.2, -0.15) is 5.10 Å². The molecule has 0 spiro atoms. The van der Waals surface area contributed by atoms with Gasteiger partial charge in [-0.15, -0.1) is 0 Å². The first-order chi connectivity index (χ1) is 15.1. The molecule has 0 atom stereocenters. The number of nitrogens with one attached hydrogen (secondary N) is 1. The SMILES string of the molecule is O=C(NCCN1CCC(Oc2ccc(F)c(F)c2)CC1)c1ccc(-n2cccn2)nc1. The highest BCUT2D eigenvalue weighted by atomic mass is 19.2. The first kappa shape index (κ1) is 20.9. The Labute approximate surface area is 178 Å². The Kier molecular flexibility index (Phi) is 6.51. The number of carbonyl (C=O) groups excluding carboxylic acids is 1. The van der Waals surface area contributed by atoms with Crippen LogP contribution in [0, 0.1) is 11.6 Å². The van der Waals surface area contributed by atoms with Gasteiger partial charge in [0, 0.05) is 50.8 Å². The lowest BCUT2D eigenvalue weighted by Crippen LogP contribution is -2.42. The maximum absolute atomic E-state index is 13.3. The zero-order chi connectivity index (χ0) is 21.6. The Balaban J connectivity index is 1.17. The van der Waals surface area contributed by atoms with E-state index in [1.54, 1.807) is 35.3 Å². The van der Waals surface area contributed by atoms with Gasteiger partial charge in [0.15, 0.2) is 17.5 Å². The summed E-state index contributed by atoms with van der Waals surface area (Å²) in [4.78, 5) is 18.8. The van der Waals surface area contributed by atoms with Crippen molar-refractivity contribution in [2.45, 2.75) is 18.9 Å². The van der Waals surface area contributed by atoms with Crippen LogP contribution >= 0.6 is 0 Å². The van der Waals surface area contributed by atoms with Gasteiger partial charge in [-0.25, -0.2) is 18.4 Å². The zero-order valence-corrected chi connectivity index (χ0v) is 16.9. The maximum Gasteiger partial charge on any atom is 0.252 e. The third-order valence-corrected chi connectivity index (χ3v) is 5.19. The van der Waals surface area contributed by atoms with Crippen LogP contribution in [-0.4, -0.2) is 57.9 Å². The van der Waals surface area contributed by atoms with Crippen molar-refractivity contribution in [3.8, 4) is 11.6 Å². The van der Waals surface area contributed by atoms with E-state index in [9.17, 15) is 13.6 Å². The average Bonchev–Trinajstić information content (AvgIpc) is 3.33. The van der Waals surface area contributed by atoms with E-state index in [0.717, 1.165) is 44.6 Å². The molecule has 1 saturated heterocycles. The van der Waals surface area contributed by atoms with Crippen molar-refractivity contribution in [1.82, 2.24) is 25.0 Å². The summed E-state index contributed by atoms with van der Waals surface area (Å²) in [5.41, 5.74) is 0.495. The molecule has 1 fully saturated rings. The van der Waals surface area contributed by atoms with Crippen LogP contribution in [0.25, 0.3) is 5.82 Å². The van der Waals surface area contributed by atoms with Gasteiger partial charge in [-0.05, 0) is 43.2 Å². The van der Waals surface area contributed by atoms with Crippen molar-refractivity contribution in [1.29, 1.82) is 0 Å². The third-order valence-electron chi connectivity index (χ3n) is 5.19. The van der Waals surface area contributed by atoms with E-state index < -0.39 is 11.6 Å². The molecule has 0 bridgehead atoms. The summed E-state index contributed by atoms with van der Waals surface area (Å²) in [7, 11) is 0. The third kappa shape index (κ3) is 5.43. The van der Waals surface area contributed by atoms with Gasteiger partial charge < -0.3 is 15.0 Å². The van der Waals surface area contributed by atoms with E-state index in [4.69, 9.17) is 4.74 Å². The van der Waals surface area contributed by atoms with E-state index in [2.05, 4.69) is 20.3 Å². The highest BCUT2D eigenvalue weighted by Crippen LogP contribution is 2.21. The predicted octanol–water partition coefficient (Wildman–Crippen LogP) is 2.82. The lowest BCUT2D eigenvalue weighted by molar-refractivity contribution is 0.0904. The molecule has 31 heavy (non-hydrogen) atoms. The molecule has 1 aromatic carbocycles. The van der Waals surface area contributed by atoms with Crippen LogP contribution in [0.4, 0.5) is 8.78 Å². The van der Waals surface area contributed by atoms with Crippen LogP contribution in [0.2, 0.25) is 0 Å². The lowest BCUT2D eigenvalue weighted by atomic mass is 10.1. The quantitative estimate of drug-likeness (QED) is 0.628. The van der Waals surface area contributed by atoms with Crippen molar-refractivity contribution < 1.29 is 18.3 Å². The van der Waals surface area contributed by atoms with Gasteiger partial charge in [0.05, 0.1) is 5.56 Å². The van der Waals surface area contributed by atoms with Crippen LogP contribution < -0.4 is 10.1 Å². The number of rotatable bonds is 7. The minimum atomic E-state index is -0.906. The molecule has 0 radical (unpaired) electrons. The van der Waals surface area contributed by atoms with Crippen LogP contribution in [0.5, 0.6) is 5.75 Å². The van der Waals surface area contributed by atoms with Gasteiger partial charge in [0.25, 0.3) is 5.91 Å². The normalized spacial score (nSPS) is 15.0. The number of aromatic nitrogens is 3. The summed E-state index contributed by atoms with van der Waals surface area (Å²) in [6.07, 6.45) is 6.52. The van der Waals surface area contributed by atoms with Gasteiger partial charge in [0.2, 0.25) is 0 Å². The molecule has 0 aliphatic carbocycles. The van der Waals surface area contributed by atoms with Gasteiger partial charge >= 0.3 is 0 Å². The second-order valence-electron chi connectivity index (χ2n) is 7.35. The van der Waals surface area contributed by atoms with Gasteiger partial charge in [-0.3, -0.25) is 4.79 Å². The van der Waals surface area contributed by atoms with E-state index in [1.807, 2.05) is 0 Å². The van der Waals surface area contributed by atoms with Crippen molar-refractivity contribution in [3.05, 3.63) is 72.2 Å². The molecular formula is C22H23F2N5O2. The highest BCUT2D eigenvalue weighted by molar-refractivity contribution is 5.93. The Morgan fingerprint density at radius 3 is 2.68 bits per heavy atom. The molecule has 1 N–H and O–H groups in total. The first-order valence-electron chi connectivity index (χ1n) is 10.2. The molecule has 3 aromatic rings. The number of ether oxygens (including phenoxy) is 1. The van der Waals surface area contributed by atoms with E-state index in [1.165, 1.54) is 12.3 Å². The lowest BCUT2D eigenvalue weighted by Gasteiger charge is -2.32. The number of carbonyl (C=O) groups is 1. The number of likely N-dealkylation sites (tertiary alicyclic amines) is 1. The molecule has 1 aliphatic heterocycles. The highest BCUT2D eigenvalue weighted by Gasteiger charge is 2.21. The Morgan fingerprint density at radius 2 is 2.00 bits per heavy atom. The van der Waals surface area contributed by atoms with Crippen LogP contribution in [0.1, 0.15) is 23.2 Å². The second-order valence-corrected chi connectivity index (χ2v) is 7.35. The fraction of sp³-hybridized carbons (Fsp3) is 0.318. The Morgan fingerprint density at radius 1 is 1.16 bits per heavy atom. The molecule has 2 aromatic heterocycles. The molecule has 162 valence electrons. The molecule has 1 aliphatic rings. The number of benzene rings is 1. The van der Waals surface area contributed by atoms with Gasteiger partial charge in [0.1, 0.15) is 11.9 Å². The van der Waals surface area contributed by atoms with E-state index >= 15 is 0 Å². The van der Waals surface area contributed by atoms with Crippen molar-refractivity contribution in [2.75, 3.05) is 26.2 Å². The number of hydrogen-bond donors (Lipinski definition) is 1. The fourth-order valence-electron chi connectivity index (χ4n) is 3.48. The molecule has 9 heteroatoms. The van der Waals surface area contributed by atoms with E-state index in [-0.39, 0.29) is 12.0 Å². The fourth-order valence-corrected chi connectivity index (χ4v) is 3.48. The summed E-state index contributed by atoms with van der Waals surface area (Å²) in [6.45, 7) is 2.87. The summed E-state index contributed by atoms with van der Waals surface area (Å²) >= 11 is 0. The molecule has 0 saturated carbocycles. The van der Waals surface area contributed by atoms with Gasteiger partial charge in [-0.1, -0.05) is 0 Å². The van der Waals surface area contributed by atoms with Crippen molar-refractivity contribution in [3.63, 3.8) is 0 Å². The Hall–Kier alpha value is -3.33. The standard InChI is InChI=1S/C22H23F2N5O2/c23-19-4-3-18(14-20(19)24)31-17-6-11-28(12-7-17)13-9-25-22(30)16-2-5-21(26-15-16)29-10-1-8-27-29/h1-5,8,10,14-15,17H,6-7,9,11-13H2,(H,25,30). The summed E-state index contributed by atoms with van der Waals surface area (Å²) < 4.78 is 33.7. The molecule has 1 amide bonds. The molecule has 0 unspecified atom stereocenters. The molecule has 4 rings (SSSR count). The molecule has 7 nitrogen and oxygen atoms in total. The van der Waals surface area contributed by atoms with E-state index in [0.29, 0.717) is 23.7 Å². The maximum atomic E-state index is 13.3. The Bertz CT molecular complexity index is 1000. The van der Waals surface area contributed by atoms with Crippen LogP contribution in [-0.2, 0) is 0 Å². The van der Waals surface area contributed by atoms with Crippen molar-refractivity contribution >= 4 is 5.91 Å². The number of piperidine rings is 1. The second kappa shape index (κ2) is 9.65. The van der Waals surface area contributed by atoms with Crippen molar-refractivity contribution in [2.24, 2.45) is 0 Å².